The molecule has 0 aromatic heterocycles. The maximum Gasteiger partial charge on any atom is 0.0280 e. The summed E-state index contributed by atoms with van der Waals surface area (Å²) in [5, 5.41) is 6.50. The minimum absolute atomic E-state index is 0.339. The minimum atomic E-state index is -2.24. The van der Waals surface area contributed by atoms with Gasteiger partial charge in [-0.05, 0) is 118 Å². The van der Waals surface area contributed by atoms with E-state index >= 15 is 0 Å². The van der Waals surface area contributed by atoms with Gasteiger partial charge in [0.05, 0.1) is 0 Å². The molecule has 0 radical (unpaired) electrons. The second-order valence-electron chi connectivity index (χ2n) is 13.0. The first kappa shape index (κ1) is 24.9. The van der Waals surface area contributed by atoms with E-state index in [1.165, 1.54) is 49.9 Å². The number of fused-ring (bicyclic) bond motifs is 11. The molecular formula is C49H32. The molecule has 0 saturated heterocycles. The molecule has 9 aromatic rings. The first-order valence-corrected chi connectivity index (χ1v) is 16.9. The van der Waals surface area contributed by atoms with E-state index in [-0.39, 0.29) is 0 Å². The second-order valence-corrected chi connectivity index (χ2v) is 13.0. The molecule has 0 heteroatoms. The zero-order chi connectivity index (χ0) is 35.0. The van der Waals surface area contributed by atoms with Crippen LogP contribution in [0.15, 0.2) is 176 Å². The SMILES string of the molecule is [2H]C([2H])([2H])c1ccc2c(-c3ccc4c(c3)-c3ccccc3-c3ccccc3-c3ccccc3-4)c3ccccc3c(-c3ccc4ccccc4c3)c2c1. The quantitative estimate of drug-likeness (QED) is 0.168. The fraction of sp³-hybridized carbons (Fsp3) is 0.0204. The van der Waals surface area contributed by atoms with E-state index in [1.54, 1.807) is 6.07 Å². The molecule has 0 saturated carbocycles. The Morgan fingerprint density at radius 1 is 0.306 bits per heavy atom. The molecule has 0 spiro atoms. The Labute approximate surface area is 290 Å². The van der Waals surface area contributed by atoms with Crippen molar-refractivity contribution in [1.29, 1.82) is 0 Å². The van der Waals surface area contributed by atoms with Crippen molar-refractivity contribution in [3.63, 3.8) is 0 Å². The molecule has 1 aliphatic rings. The van der Waals surface area contributed by atoms with Gasteiger partial charge in [0.2, 0.25) is 0 Å². The molecule has 0 heterocycles. The lowest BCUT2D eigenvalue weighted by Crippen LogP contribution is -1.98. The Kier molecular flexibility index (Phi) is 5.53. The van der Waals surface area contributed by atoms with E-state index in [0.29, 0.717) is 5.56 Å². The molecule has 0 atom stereocenters. The van der Waals surface area contributed by atoms with Gasteiger partial charge in [-0.15, -0.1) is 0 Å². The lowest BCUT2D eigenvalue weighted by Gasteiger charge is -2.24. The topological polar surface area (TPSA) is 0 Å². The van der Waals surface area contributed by atoms with Gasteiger partial charge in [-0.2, -0.15) is 0 Å². The summed E-state index contributed by atoms with van der Waals surface area (Å²) in [5.41, 5.74) is 14.3. The first-order chi connectivity index (χ1) is 25.4. The van der Waals surface area contributed by atoms with E-state index in [0.717, 1.165) is 49.2 Å². The van der Waals surface area contributed by atoms with Gasteiger partial charge >= 0.3 is 0 Å². The zero-order valence-corrected chi connectivity index (χ0v) is 26.7. The smallest absolute Gasteiger partial charge is 0.0280 e. The number of hydrogen-bond donors (Lipinski definition) is 0. The Balaban J connectivity index is 1.31. The third kappa shape index (κ3) is 4.31. The maximum atomic E-state index is 8.37. The van der Waals surface area contributed by atoms with Crippen LogP contribution in [0.2, 0.25) is 0 Å². The highest BCUT2D eigenvalue weighted by Crippen LogP contribution is 2.50. The van der Waals surface area contributed by atoms with Crippen molar-refractivity contribution in [2.24, 2.45) is 0 Å². The molecular weight excluding hydrogens is 589 g/mol. The van der Waals surface area contributed by atoms with Crippen molar-refractivity contribution in [2.75, 3.05) is 0 Å². The first-order valence-electron chi connectivity index (χ1n) is 18.4. The van der Waals surface area contributed by atoms with Gasteiger partial charge in [-0.25, -0.2) is 0 Å². The van der Waals surface area contributed by atoms with Crippen molar-refractivity contribution in [1.82, 2.24) is 0 Å². The van der Waals surface area contributed by atoms with Crippen molar-refractivity contribution in [3.05, 3.63) is 181 Å². The summed E-state index contributed by atoms with van der Waals surface area (Å²) in [5.74, 6) is 0. The van der Waals surface area contributed by atoms with Crippen molar-refractivity contribution >= 4 is 32.3 Å². The lowest BCUT2D eigenvalue weighted by molar-refractivity contribution is 1.50. The second kappa shape index (κ2) is 10.9. The van der Waals surface area contributed by atoms with Crippen LogP contribution in [0.1, 0.15) is 9.68 Å². The molecule has 228 valence electrons. The highest BCUT2D eigenvalue weighted by Gasteiger charge is 2.23. The van der Waals surface area contributed by atoms with Gasteiger partial charge in [0, 0.05) is 4.11 Å². The minimum Gasteiger partial charge on any atom is -0.0616 e. The van der Waals surface area contributed by atoms with Crippen LogP contribution in [0.25, 0.3) is 99.1 Å². The summed E-state index contributed by atoms with van der Waals surface area (Å²) >= 11 is 0. The van der Waals surface area contributed by atoms with Gasteiger partial charge in [0.1, 0.15) is 0 Å². The Bertz CT molecular complexity index is 2890. The molecule has 9 aromatic carbocycles. The largest absolute Gasteiger partial charge is 0.0616 e. The molecule has 0 amide bonds. The third-order valence-corrected chi connectivity index (χ3v) is 10.3. The number of benzene rings is 9. The Morgan fingerprint density at radius 2 is 0.755 bits per heavy atom. The van der Waals surface area contributed by atoms with Crippen molar-refractivity contribution < 1.29 is 4.11 Å². The van der Waals surface area contributed by atoms with Gasteiger partial charge in [-0.3, -0.25) is 0 Å². The number of rotatable bonds is 2. The standard InChI is InChI=1S/C49H32/c1-31-22-26-45-47(28-31)49(34-24-23-32-12-2-3-13-33(32)29-34)44-21-11-10-20-43(44)48(45)35-25-27-42-40-18-7-6-16-38(40)36-14-4-5-15-37(36)39-17-8-9-19-41(39)46(42)30-35/h2-30H,1H3/i1D3. The Hall–Kier alpha value is -6.24. The fourth-order valence-electron chi connectivity index (χ4n) is 8.16. The van der Waals surface area contributed by atoms with Crippen LogP contribution >= 0.6 is 0 Å². The van der Waals surface area contributed by atoms with Gasteiger partial charge in [0.25, 0.3) is 0 Å². The molecule has 0 fully saturated rings. The third-order valence-electron chi connectivity index (χ3n) is 10.3. The summed E-state index contributed by atoms with van der Waals surface area (Å²) in [6, 6.07) is 62.3. The molecule has 0 aliphatic heterocycles. The molecule has 0 unspecified atom stereocenters. The van der Waals surface area contributed by atoms with E-state index < -0.39 is 6.85 Å². The van der Waals surface area contributed by atoms with Crippen LogP contribution in [0.5, 0.6) is 0 Å². The number of aryl methyl sites for hydroxylation is 1. The van der Waals surface area contributed by atoms with Crippen molar-refractivity contribution in [3.8, 4) is 66.8 Å². The predicted octanol–water partition coefficient (Wildman–Crippen LogP) is 13.8. The van der Waals surface area contributed by atoms with Crippen LogP contribution in [-0.4, -0.2) is 0 Å². The van der Waals surface area contributed by atoms with Gasteiger partial charge < -0.3 is 0 Å². The van der Waals surface area contributed by atoms with Crippen LogP contribution < -0.4 is 0 Å². The van der Waals surface area contributed by atoms with Gasteiger partial charge in [-0.1, -0.05) is 169 Å². The molecule has 1 aliphatic carbocycles. The predicted molar refractivity (Wildman–Crippen MR) is 210 cm³/mol. The van der Waals surface area contributed by atoms with E-state index in [2.05, 4.69) is 158 Å². The lowest BCUT2D eigenvalue weighted by atomic mass is 9.79. The van der Waals surface area contributed by atoms with Crippen molar-refractivity contribution in [2.45, 2.75) is 6.85 Å². The Morgan fingerprint density at radius 3 is 1.37 bits per heavy atom. The molecule has 10 rings (SSSR count). The monoisotopic (exact) mass is 623 g/mol. The van der Waals surface area contributed by atoms with E-state index in [1.807, 2.05) is 12.1 Å². The summed E-state index contributed by atoms with van der Waals surface area (Å²) in [6.45, 7) is -2.24. The summed E-state index contributed by atoms with van der Waals surface area (Å²) in [7, 11) is 0. The molecule has 0 bridgehead atoms. The molecule has 0 N–H and O–H groups in total. The summed E-state index contributed by atoms with van der Waals surface area (Å²) < 4.78 is 25.1. The summed E-state index contributed by atoms with van der Waals surface area (Å²) in [6.07, 6.45) is 0. The highest BCUT2D eigenvalue weighted by atomic mass is 14.3. The average molecular weight is 624 g/mol. The molecule has 49 heavy (non-hydrogen) atoms. The van der Waals surface area contributed by atoms with Crippen LogP contribution in [0, 0.1) is 6.85 Å². The normalized spacial score (nSPS) is 12.9. The van der Waals surface area contributed by atoms with E-state index in [9.17, 15) is 0 Å². The van der Waals surface area contributed by atoms with Gasteiger partial charge in [0.15, 0.2) is 0 Å². The highest BCUT2D eigenvalue weighted by molar-refractivity contribution is 6.22. The van der Waals surface area contributed by atoms with E-state index in [4.69, 9.17) is 4.11 Å². The van der Waals surface area contributed by atoms with Crippen LogP contribution in [0.4, 0.5) is 0 Å². The fourth-order valence-corrected chi connectivity index (χ4v) is 8.16. The molecule has 0 nitrogen and oxygen atoms in total. The van der Waals surface area contributed by atoms with Crippen LogP contribution in [0.3, 0.4) is 0 Å². The summed E-state index contributed by atoms with van der Waals surface area (Å²) in [4.78, 5) is 0. The number of hydrogen-bond acceptors (Lipinski definition) is 0. The average Bonchev–Trinajstić information content (AvgIpc) is 3.18. The van der Waals surface area contributed by atoms with Crippen LogP contribution in [-0.2, 0) is 0 Å². The maximum absolute atomic E-state index is 8.37. The zero-order valence-electron chi connectivity index (χ0n) is 29.7.